The first-order chi connectivity index (χ1) is 7.81. The molecule has 2 aromatic rings. The van der Waals surface area contributed by atoms with Gasteiger partial charge in [0.25, 0.3) is 0 Å². The van der Waals surface area contributed by atoms with Gasteiger partial charge in [-0.1, -0.05) is 0 Å². The van der Waals surface area contributed by atoms with Gasteiger partial charge in [-0.2, -0.15) is 4.37 Å². The standard InChI is InChI=1S/C8H8BrN5S2/c1-2-10-6-5(9)7(12-3-11-6)15-8-13-4-14-16-8/h3-4H,2H2,1H3,(H,10,11,12). The van der Waals surface area contributed by atoms with E-state index in [0.29, 0.717) is 0 Å². The van der Waals surface area contributed by atoms with Crippen molar-refractivity contribution in [3.05, 3.63) is 17.1 Å². The molecular formula is C8H8BrN5S2. The van der Waals surface area contributed by atoms with Gasteiger partial charge in [0, 0.05) is 6.54 Å². The van der Waals surface area contributed by atoms with Crippen LogP contribution in [0.5, 0.6) is 0 Å². The zero-order chi connectivity index (χ0) is 11.4. The van der Waals surface area contributed by atoms with Crippen LogP contribution in [-0.4, -0.2) is 25.9 Å². The molecule has 5 nitrogen and oxygen atoms in total. The molecule has 2 aromatic heterocycles. The SMILES string of the molecule is CCNc1ncnc(Sc2ncns2)c1Br. The van der Waals surface area contributed by atoms with Gasteiger partial charge in [0.05, 0.1) is 4.47 Å². The molecule has 16 heavy (non-hydrogen) atoms. The fraction of sp³-hybridized carbons (Fsp3) is 0.250. The van der Waals surface area contributed by atoms with Gasteiger partial charge in [0.1, 0.15) is 23.5 Å². The summed E-state index contributed by atoms with van der Waals surface area (Å²) < 4.78 is 5.66. The predicted molar refractivity (Wildman–Crippen MR) is 67.9 cm³/mol. The Morgan fingerprint density at radius 2 is 2.25 bits per heavy atom. The lowest BCUT2D eigenvalue weighted by atomic mass is 10.5. The Balaban J connectivity index is 2.24. The minimum Gasteiger partial charge on any atom is -0.369 e. The number of hydrogen-bond acceptors (Lipinski definition) is 7. The topological polar surface area (TPSA) is 63.6 Å². The van der Waals surface area contributed by atoms with E-state index in [4.69, 9.17) is 0 Å². The van der Waals surface area contributed by atoms with Crippen molar-refractivity contribution >= 4 is 45.0 Å². The number of hydrogen-bond donors (Lipinski definition) is 1. The molecular weight excluding hydrogens is 310 g/mol. The number of nitrogens with one attached hydrogen (secondary N) is 1. The minimum absolute atomic E-state index is 0.796. The molecule has 0 unspecified atom stereocenters. The molecule has 0 saturated heterocycles. The summed E-state index contributed by atoms with van der Waals surface area (Å²) in [5.74, 6) is 0.796. The van der Waals surface area contributed by atoms with Crippen molar-refractivity contribution in [1.29, 1.82) is 0 Å². The van der Waals surface area contributed by atoms with Crippen LogP contribution in [-0.2, 0) is 0 Å². The van der Waals surface area contributed by atoms with E-state index in [1.807, 2.05) is 6.92 Å². The van der Waals surface area contributed by atoms with E-state index in [0.717, 1.165) is 26.2 Å². The van der Waals surface area contributed by atoms with Crippen molar-refractivity contribution in [2.24, 2.45) is 0 Å². The number of halogens is 1. The highest BCUT2D eigenvalue weighted by Crippen LogP contribution is 2.34. The van der Waals surface area contributed by atoms with E-state index >= 15 is 0 Å². The number of rotatable bonds is 4. The fourth-order valence-corrected chi connectivity index (χ4v) is 2.94. The first-order valence-electron chi connectivity index (χ1n) is 4.50. The Morgan fingerprint density at radius 3 is 2.94 bits per heavy atom. The average molecular weight is 318 g/mol. The molecule has 84 valence electrons. The minimum atomic E-state index is 0.796. The maximum Gasteiger partial charge on any atom is 0.176 e. The Hall–Kier alpha value is -0.730. The van der Waals surface area contributed by atoms with E-state index in [-0.39, 0.29) is 0 Å². The van der Waals surface area contributed by atoms with Crippen LogP contribution in [0.4, 0.5) is 5.82 Å². The molecule has 8 heteroatoms. The van der Waals surface area contributed by atoms with Crippen LogP contribution in [0.25, 0.3) is 0 Å². The first-order valence-corrected chi connectivity index (χ1v) is 6.88. The molecule has 0 aromatic carbocycles. The molecule has 0 spiro atoms. The summed E-state index contributed by atoms with van der Waals surface area (Å²) in [5.41, 5.74) is 0. The van der Waals surface area contributed by atoms with Gasteiger partial charge in [-0.15, -0.1) is 0 Å². The molecule has 0 fully saturated rings. The van der Waals surface area contributed by atoms with Crippen LogP contribution >= 0.6 is 39.2 Å². The first kappa shape index (κ1) is 11.7. The molecule has 0 amide bonds. The molecule has 0 radical (unpaired) electrons. The molecule has 0 aliphatic rings. The highest BCUT2D eigenvalue weighted by Gasteiger charge is 2.10. The second kappa shape index (κ2) is 5.55. The normalized spacial score (nSPS) is 10.4. The van der Waals surface area contributed by atoms with Gasteiger partial charge >= 0.3 is 0 Å². The van der Waals surface area contributed by atoms with Gasteiger partial charge < -0.3 is 5.32 Å². The predicted octanol–water partition coefficient (Wildman–Crippen LogP) is 2.67. The molecule has 2 rings (SSSR count). The second-order valence-corrected chi connectivity index (χ2v) is 5.49. The van der Waals surface area contributed by atoms with E-state index in [1.165, 1.54) is 35.9 Å². The number of anilines is 1. The van der Waals surface area contributed by atoms with Crippen molar-refractivity contribution in [2.45, 2.75) is 16.3 Å². The van der Waals surface area contributed by atoms with Crippen molar-refractivity contribution < 1.29 is 0 Å². The summed E-state index contributed by atoms with van der Waals surface area (Å²) in [4.78, 5) is 12.4. The molecule has 1 N–H and O–H groups in total. The summed E-state index contributed by atoms with van der Waals surface area (Å²) in [7, 11) is 0. The Bertz CT molecular complexity index is 461. The van der Waals surface area contributed by atoms with Crippen molar-refractivity contribution in [1.82, 2.24) is 19.3 Å². The Labute approximate surface area is 109 Å². The second-order valence-electron chi connectivity index (χ2n) is 2.68. The van der Waals surface area contributed by atoms with E-state index in [2.05, 4.69) is 40.6 Å². The lowest BCUT2D eigenvalue weighted by molar-refractivity contribution is 1.01. The lowest BCUT2D eigenvalue weighted by Crippen LogP contribution is -2.01. The van der Waals surface area contributed by atoms with Gasteiger partial charge in [-0.05, 0) is 46.1 Å². The monoisotopic (exact) mass is 317 g/mol. The average Bonchev–Trinajstić information content (AvgIpc) is 2.77. The van der Waals surface area contributed by atoms with Crippen LogP contribution in [0.3, 0.4) is 0 Å². The van der Waals surface area contributed by atoms with Gasteiger partial charge in [0.15, 0.2) is 4.34 Å². The highest BCUT2D eigenvalue weighted by atomic mass is 79.9. The number of aromatic nitrogens is 4. The third-order valence-corrected chi connectivity index (χ3v) is 4.36. The third-order valence-electron chi connectivity index (χ3n) is 1.63. The summed E-state index contributed by atoms with van der Waals surface area (Å²) >= 11 is 6.29. The van der Waals surface area contributed by atoms with Crippen molar-refractivity contribution in [2.75, 3.05) is 11.9 Å². The summed E-state index contributed by atoms with van der Waals surface area (Å²) in [6.07, 6.45) is 3.07. The van der Waals surface area contributed by atoms with Gasteiger partial charge in [0.2, 0.25) is 0 Å². The van der Waals surface area contributed by atoms with Crippen LogP contribution < -0.4 is 5.32 Å². The highest BCUT2D eigenvalue weighted by molar-refractivity contribution is 9.10. The van der Waals surface area contributed by atoms with Crippen LogP contribution in [0.15, 0.2) is 26.5 Å². The summed E-state index contributed by atoms with van der Waals surface area (Å²) in [6, 6.07) is 0. The molecule has 0 aliphatic heterocycles. The maximum atomic E-state index is 4.20. The summed E-state index contributed by atoms with van der Waals surface area (Å²) in [6.45, 7) is 2.84. The zero-order valence-corrected chi connectivity index (χ0v) is 11.6. The van der Waals surface area contributed by atoms with Crippen LogP contribution in [0, 0.1) is 0 Å². The Kier molecular flexibility index (Phi) is 4.08. The quantitative estimate of drug-likeness (QED) is 0.875. The van der Waals surface area contributed by atoms with Crippen LogP contribution in [0.2, 0.25) is 0 Å². The molecule has 0 saturated carbocycles. The zero-order valence-electron chi connectivity index (χ0n) is 8.35. The van der Waals surface area contributed by atoms with E-state index in [9.17, 15) is 0 Å². The summed E-state index contributed by atoms with van der Waals surface area (Å²) in [5, 5.41) is 3.99. The number of nitrogens with zero attached hydrogens (tertiary/aromatic N) is 4. The molecule has 0 atom stereocenters. The van der Waals surface area contributed by atoms with Crippen molar-refractivity contribution in [3.63, 3.8) is 0 Å². The smallest absolute Gasteiger partial charge is 0.176 e. The Morgan fingerprint density at radius 1 is 1.38 bits per heavy atom. The van der Waals surface area contributed by atoms with Crippen LogP contribution in [0.1, 0.15) is 6.92 Å². The van der Waals surface area contributed by atoms with E-state index < -0.39 is 0 Å². The maximum absolute atomic E-state index is 4.20. The fourth-order valence-electron chi connectivity index (χ4n) is 1.01. The van der Waals surface area contributed by atoms with Gasteiger partial charge in [-0.3, -0.25) is 0 Å². The lowest BCUT2D eigenvalue weighted by Gasteiger charge is -2.06. The van der Waals surface area contributed by atoms with Crippen molar-refractivity contribution in [3.8, 4) is 0 Å². The van der Waals surface area contributed by atoms with Gasteiger partial charge in [-0.25, -0.2) is 15.0 Å². The van der Waals surface area contributed by atoms with E-state index in [1.54, 1.807) is 0 Å². The molecule has 0 aliphatic carbocycles. The molecule has 2 heterocycles. The third kappa shape index (κ3) is 2.69. The molecule has 0 bridgehead atoms. The largest absolute Gasteiger partial charge is 0.369 e.